The molecule has 3 rings (SSSR count). The van der Waals surface area contributed by atoms with Crippen molar-refractivity contribution in [2.75, 3.05) is 0 Å². The highest BCUT2D eigenvalue weighted by molar-refractivity contribution is 6.30. The van der Waals surface area contributed by atoms with Gasteiger partial charge in [0.15, 0.2) is 0 Å². The fraction of sp³-hybridized carbons (Fsp3) is 0.312. The van der Waals surface area contributed by atoms with Crippen LogP contribution < -0.4 is 0 Å². The molecule has 0 bridgehead atoms. The molecule has 0 radical (unpaired) electrons. The van der Waals surface area contributed by atoms with Crippen LogP contribution in [0.5, 0.6) is 0 Å². The number of halogens is 2. The molecule has 1 saturated carbocycles. The van der Waals surface area contributed by atoms with Gasteiger partial charge in [0.05, 0.1) is 0 Å². The zero-order chi connectivity index (χ0) is 13.9. The van der Waals surface area contributed by atoms with Crippen molar-refractivity contribution in [3.05, 3.63) is 64.7 Å². The number of hydrogen-bond acceptors (Lipinski definition) is 2. The molecule has 0 N–H and O–H groups in total. The lowest BCUT2D eigenvalue weighted by atomic mass is 10.2. The van der Waals surface area contributed by atoms with Crippen LogP contribution in [0.3, 0.4) is 0 Å². The van der Waals surface area contributed by atoms with Crippen LogP contribution in [0, 0.1) is 5.82 Å². The van der Waals surface area contributed by atoms with Gasteiger partial charge in [-0.1, -0.05) is 11.6 Å². The summed E-state index contributed by atoms with van der Waals surface area (Å²) >= 11 is 5.92. The number of nitrogens with zero attached hydrogens (tertiary/aromatic N) is 2. The third-order valence-electron chi connectivity index (χ3n) is 3.51. The van der Waals surface area contributed by atoms with Crippen LogP contribution >= 0.6 is 11.6 Å². The predicted molar refractivity (Wildman–Crippen MR) is 77.9 cm³/mol. The predicted octanol–water partition coefficient (Wildman–Crippen LogP) is 4.04. The quantitative estimate of drug-likeness (QED) is 0.826. The van der Waals surface area contributed by atoms with Crippen molar-refractivity contribution in [3.63, 3.8) is 0 Å². The van der Waals surface area contributed by atoms with Crippen LogP contribution in [0.2, 0.25) is 5.02 Å². The van der Waals surface area contributed by atoms with Crippen molar-refractivity contribution in [2.24, 2.45) is 0 Å². The van der Waals surface area contributed by atoms with E-state index in [2.05, 4.69) is 9.88 Å². The molecule has 1 aliphatic rings. The van der Waals surface area contributed by atoms with Crippen molar-refractivity contribution in [1.29, 1.82) is 0 Å². The molecule has 1 aromatic carbocycles. The first-order valence-electron chi connectivity index (χ1n) is 6.78. The Labute approximate surface area is 123 Å². The van der Waals surface area contributed by atoms with E-state index >= 15 is 0 Å². The van der Waals surface area contributed by atoms with Crippen LogP contribution in [-0.4, -0.2) is 15.9 Å². The van der Waals surface area contributed by atoms with Crippen LogP contribution in [-0.2, 0) is 13.1 Å². The maximum atomic E-state index is 13.4. The zero-order valence-corrected chi connectivity index (χ0v) is 11.9. The Kier molecular flexibility index (Phi) is 3.99. The molecule has 4 heteroatoms. The minimum atomic E-state index is -0.271. The Hall–Kier alpha value is -1.45. The number of pyridine rings is 1. The number of benzene rings is 1. The summed E-state index contributed by atoms with van der Waals surface area (Å²) in [4.78, 5) is 6.41. The third kappa shape index (κ3) is 3.56. The Morgan fingerprint density at radius 1 is 1.10 bits per heavy atom. The molecule has 0 amide bonds. The monoisotopic (exact) mass is 290 g/mol. The number of hydrogen-bond donors (Lipinski definition) is 0. The summed E-state index contributed by atoms with van der Waals surface area (Å²) in [6.07, 6.45) is 6.04. The lowest BCUT2D eigenvalue weighted by Gasteiger charge is -2.22. The van der Waals surface area contributed by atoms with Crippen molar-refractivity contribution >= 4 is 11.6 Å². The molecule has 0 unspecified atom stereocenters. The molecule has 1 heterocycles. The zero-order valence-electron chi connectivity index (χ0n) is 11.1. The second-order valence-corrected chi connectivity index (χ2v) is 5.71. The highest BCUT2D eigenvalue weighted by Gasteiger charge is 2.29. The highest BCUT2D eigenvalue weighted by Crippen LogP contribution is 2.30. The Balaban J connectivity index is 1.74. The average Bonchev–Trinajstić information content (AvgIpc) is 3.22. The molecule has 0 spiro atoms. The molecule has 0 atom stereocenters. The van der Waals surface area contributed by atoms with E-state index in [4.69, 9.17) is 11.6 Å². The maximum Gasteiger partial charge on any atom is 0.125 e. The van der Waals surface area contributed by atoms with Gasteiger partial charge in [0.2, 0.25) is 0 Å². The molecular weight excluding hydrogens is 275 g/mol. The molecular formula is C16H16ClFN2. The van der Waals surface area contributed by atoms with E-state index in [1.54, 1.807) is 18.5 Å². The highest BCUT2D eigenvalue weighted by atomic mass is 35.5. The summed E-state index contributed by atoms with van der Waals surface area (Å²) in [7, 11) is 0. The van der Waals surface area contributed by atoms with Crippen molar-refractivity contribution in [1.82, 2.24) is 9.88 Å². The largest absolute Gasteiger partial charge is 0.292 e. The normalized spacial score (nSPS) is 14.8. The average molecular weight is 291 g/mol. The summed E-state index contributed by atoms with van der Waals surface area (Å²) in [6.45, 7) is 1.59. The van der Waals surface area contributed by atoms with Gasteiger partial charge in [-0.25, -0.2) is 4.39 Å². The summed E-state index contributed by atoms with van der Waals surface area (Å²) in [5.41, 5.74) is 2.16. The Morgan fingerprint density at radius 2 is 1.80 bits per heavy atom. The van der Waals surface area contributed by atoms with Crippen LogP contribution in [0.25, 0.3) is 0 Å². The fourth-order valence-corrected chi connectivity index (χ4v) is 2.66. The summed E-state index contributed by atoms with van der Waals surface area (Å²) in [6, 6.07) is 9.39. The molecule has 20 heavy (non-hydrogen) atoms. The number of rotatable bonds is 5. The van der Waals surface area contributed by atoms with Crippen LogP contribution in [0.4, 0.5) is 4.39 Å². The van der Waals surface area contributed by atoms with Gasteiger partial charge in [0, 0.05) is 36.5 Å². The van der Waals surface area contributed by atoms with E-state index in [1.807, 2.05) is 18.2 Å². The first-order valence-corrected chi connectivity index (χ1v) is 7.16. The van der Waals surface area contributed by atoms with E-state index in [9.17, 15) is 4.39 Å². The lowest BCUT2D eigenvalue weighted by Crippen LogP contribution is -2.25. The van der Waals surface area contributed by atoms with Crippen LogP contribution in [0.1, 0.15) is 24.0 Å². The van der Waals surface area contributed by atoms with Crippen molar-refractivity contribution in [2.45, 2.75) is 32.0 Å². The first kappa shape index (κ1) is 13.5. The molecule has 1 fully saturated rings. The first-order chi connectivity index (χ1) is 9.70. The minimum Gasteiger partial charge on any atom is -0.292 e. The second kappa shape index (κ2) is 5.90. The topological polar surface area (TPSA) is 16.1 Å². The van der Waals surface area contributed by atoms with E-state index in [1.165, 1.54) is 24.5 Å². The van der Waals surface area contributed by atoms with E-state index in [0.717, 1.165) is 18.7 Å². The van der Waals surface area contributed by atoms with E-state index in [0.29, 0.717) is 11.1 Å². The fourth-order valence-electron chi connectivity index (χ4n) is 2.41. The second-order valence-electron chi connectivity index (χ2n) is 5.27. The van der Waals surface area contributed by atoms with E-state index in [-0.39, 0.29) is 5.82 Å². The number of aromatic nitrogens is 1. The molecule has 2 aromatic rings. The van der Waals surface area contributed by atoms with Gasteiger partial charge >= 0.3 is 0 Å². The molecule has 2 nitrogen and oxygen atoms in total. The van der Waals surface area contributed by atoms with Gasteiger partial charge in [-0.05, 0) is 54.3 Å². The molecule has 1 aliphatic carbocycles. The summed E-state index contributed by atoms with van der Waals surface area (Å²) in [5.74, 6) is -0.271. The van der Waals surface area contributed by atoms with Gasteiger partial charge < -0.3 is 0 Å². The van der Waals surface area contributed by atoms with Gasteiger partial charge in [0.25, 0.3) is 0 Å². The van der Waals surface area contributed by atoms with Gasteiger partial charge in [-0.2, -0.15) is 0 Å². The summed E-state index contributed by atoms with van der Waals surface area (Å²) in [5, 5.41) is 0.458. The van der Waals surface area contributed by atoms with Gasteiger partial charge in [-0.3, -0.25) is 9.88 Å². The molecule has 1 aromatic heterocycles. The van der Waals surface area contributed by atoms with Gasteiger partial charge in [0.1, 0.15) is 5.82 Å². The van der Waals surface area contributed by atoms with E-state index < -0.39 is 0 Å². The minimum absolute atomic E-state index is 0.271. The maximum absolute atomic E-state index is 13.4. The smallest absolute Gasteiger partial charge is 0.125 e. The lowest BCUT2D eigenvalue weighted by molar-refractivity contribution is 0.245. The van der Waals surface area contributed by atoms with Crippen LogP contribution in [0.15, 0.2) is 42.7 Å². The summed E-state index contributed by atoms with van der Waals surface area (Å²) < 4.78 is 13.4. The molecule has 0 saturated heterocycles. The standard InChI is InChI=1S/C16H16ClFN2/c17-14-7-13(8-15(18)9-14)11-20(16-1-2-16)10-12-3-5-19-6-4-12/h3-9,16H,1-2,10-11H2. The van der Waals surface area contributed by atoms with Crippen molar-refractivity contribution < 1.29 is 4.39 Å². The third-order valence-corrected chi connectivity index (χ3v) is 3.72. The molecule has 104 valence electrons. The Morgan fingerprint density at radius 3 is 2.45 bits per heavy atom. The van der Waals surface area contributed by atoms with Crippen molar-refractivity contribution in [3.8, 4) is 0 Å². The SMILES string of the molecule is Fc1cc(Cl)cc(CN(Cc2ccncc2)C2CC2)c1. The Bertz CT molecular complexity index is 564. The van der Waals surface area contributed by atoms with Gasteiger partial charge in [-0.15, -0.1) is 0 Å². The molecule has 0 aliphatic heterocycles.